The van der Waals surface area contributed by atoms with E-state index in [-0.39, 0.29) is 5.69 Å². The number of nitrogens with two attached hydrogens (primary N) is 1. The van der Waals surface area contributed by atoms with Gasteiger partial charge in [0.25, 0.3) is 5.91 Å². The van der Waals surface area contributed by atoms with Crippen molar-refractivity contribution in [2.24, 2.45) is 5.73 Å². The Labute approximate surface area is 95.9 Å². The van der Waals surface area contributed by atoms with Crippen molar-refractivity contribution in [1.82, 2.24) is 15.3 Å². The Morgan fingerprint density at radius 1 is 1.41 bits per heavy atom. The van der Waals surface area contributed by atoms with E-state index in [0.29, 0.717) is 0 Å². The van der Waals surface area contributed by atoms with Gasteiger partial charge in [-0.3, -0.25) is 14.6 Å². The van der Waals surface area contributed by atoms with Gasteiger partial charge in [-0.2, -0.15) is 0 Å². The van der Waals surface area contributed by atoms with Gasteiger partial charge in [0.05, 0.1) is 12.6 Å². The fourth-order valence-corrected chi connectivity index (χ4v) is 1.05. The third-order valence-corrected chi connectivity index (χ3v) is 1.80. The molecule has 0 aliphatic rings. The SMILES string of the molecule is NC(=O)C[C@@H](NC(=O)c1cnccn1)C(=O)O. The van der Waals surface area contributed by atoms with Crippen LogP contribution < -0.4 is 11.1 Å². The zero-order valence-electron chi connectivity index (χ0n) is 8.66. The number of carboxylic acid groups (broad SMARTS) is 1. The largest absolute Gasteiger partial charge is 0.480 e. The normalized spacial score (nSPS) is 11.5. The van der Waals surface area contributed by atoms with E-state index in [1.54, 1.807) is 0 Å². The fourth-order valence-electron chi connectivity index (χ4n) is 1.05. The van der Waals surface area contributed by atoms with Crippen LogP contribution in [0.25, 0.3) is 0 Å². The molecule has 0 aliphatic heterocycles. The van der Waals surface area contributed by atoms with Crippen LogP contribution >= 0.6 is 0 Å². The summed E-state index contributed by atoms with van der Waals surface area (Å²) in [5, 5.41) is 10.9. The quantitative estimate of drug-likeness (QED) is 0.573. The van der Waals surface area contributed by atoms with Crippen molar-refractivity contribution < 1.29 is 19.5 Å². The van der Waals surface area contributed by atoms with Crippen LogP contribution in [0.3, 0.4) is 0 Å². The lowest BCUT2D eigenvalue weighted by Gasteiger charge is -2.11. The van der Waals surface area contributed by atoms with Gasteiger partial charge >= 0.3 is 5.97 Å². The van der Waals surface area contributed by atoms with Crippen molar-refractivity contribution in [3.63, 3.8) is 0 Å². The summed E-state index contributed by atoms with van der Waals surface area (Å²) in [6, 6.07) is -1.37. The molecule has 8 heteroatoms. The van der Waals surface area contributed by atoms with Crippen molar-refractivity contribution in [1.29, 1.82) is 0 Å². The van der Waals surface area contributed by atoms with Gasteiger partial charge in [0, 0.05) is 12.4 Å². The highest BCUT2D eigenvalue weighted by Gasteiger charge is 2.23. The molecule has 0 saturated heterocycles. The molecular formula is C9H10N4O4. The average Bonchev–Trinajstić information content (AvgIpc) is 2.28. The number of hydrogen-bond acceptors (Lipinski definition) is 5. The summed E-state index contributed by atoms with van der Waals surface area (Å²) in [6.07, 6.45) is 3.35. The maximum absolute atomic E-state index is 11.5. The number of primary amides is 1. The molecule has 1 atom stereocenters. The van der Waals surface area contributed by atoms with Gasteiger partial charge < -0.3 is 16.2 Å². The molecule has 4 N–H and O–H groups in total. The monoisotopic (exact) mass is 238 g/mol. The molecule has 0 unspecified atom stereocenters. The molecule has 0 saturated carbocycles. The standard InChI is InChI=1S/C9H10N4O4/c10-7(14)3-5(9(16)17)13-8(15)6-4-11-1-2-12-6/h1-2,4-5H,3H2,(H2,10,14)(H,13,15)(H,16,17)/t5-/m1/s1. The molecule has 1 aromatic heterocycles. The van der Waals surface area contributed by atoms with Gasteiger partial charge in [-0.15, -0.1) is 0 Å². The Kier molecular flexibility index (Phi) is 4.09. The number of aromatic nitrogens is 2. The third kappa shape index (κ3) is 3.86. The van der Waals surface area contributed by atoms with E-state index in [0.717, 1.165) is 0 Å². The molecule has 1 heterocycles. The van der Waals surface area contributed by atoms with E-state index in [1.807, 2.05) is 0 Å². The number of aliphatic carboxylic acids is 1. The summed E-state index contributed by atoms with van der Waals surface area (Å²) >= 11 is 0. The van der Waals surface area contributed by atoms with Crippen LogP contribution in [0.4, 0.5) is 0 Å². The lowest BCUT2D eigenvalue weighted by atomic mass is 10.2. The number of carbonyl (C=O) groups excluding carboxylic acids is 2. The smallest absolute Gasteiger partial charge is 0.326 e. The predicted molar refractivity (Wildman–Crippen MR) is 54.7 cm³/mol. The number of nitrogens with zero attached hydrogens (tertiary/aromatic N) is 2. The Bertz CT molecular complexity index is 434. The molecule has 0 radical (unpaired) electrons. The summed E-state index contributed by atoms with van der Waals surface area (Å²) < 4.78 is 0. The van der Waals surface area contributed by atoms with Gasteiger partial charge in [-0.05, 0) is 0 Å². The van der Waals surface area contributed by atoms with Crippen LogP contribution in [-0.2, 0) is 9.59 Å². The summed E-state index contributed by atoms with van der Waals surface area (Å²) in [7, 11) is 0. The van der Waals surface area contributed by atoms with Crippen LogP contribution in [0.2, 0.25) is 0 Å². The van der Waals surface area contributed by atoms with Gasteiger partial charge in [-0.25, -0.2) is 9.78 Å². The molecule has 90 valence electrons. The predicted octanol–water partition coefficient (Wildman–Crippen LogP) is -1.46. The zero-order chi connectivity index (χ0) is 12.8. The van der Waals surface area contributed by atoms with E-state index in [9.17, 15) is 14.4 Å². The zero-order valence-corrected chi connectivity index (χ0v) is 8.66. The summed E-state index contributed by atoms with van der Waals surface area (Å²) in [4.78, 5) is 40.2. The number of carbonyl (C=O) groups is 3. The Balaban J connectivity index is 2.71. The summed E-state index contributed by atoms with van der Waals surface area (Å²) in [5.74, 6) is -2.90. The minimum atomic E-state index is -1.37. The molecule has 17 heavy (non-hydrogen) atoms. The van der Waals surface area contributed by atoms with E-state index < -0.39 is 30.2 Å². The third-order valence-electron chi connectivity index (χ3n) is 1.80. The van der Waals surface area contributed by atoms with E-state index in [1.165, 1.54) is 18.6 Å². The van der Waals surface area contributed by atoms with Gasteiger partial charge in [-0.1, -0.05) is 0 Å². The van der Waals surface area contributed by atoms with Crippen molar-refractivity contribution >= 4 is 17.8 Å². The molecule has 0 fully saturated rings. The van der Waals surface area contributed by atoms with E-state index in [4.69, 9.17) is 10.8 Å². The first kappa shape index (κ1) is 12.6. The second-order valence-electron chi connectivity index (χ2n) is 3.13. The Hall–Kier alpha value is -2.51. The Morgan fingerprint density at radius 2 is 2.12 bits per heavy atom. The fraction of sp³-hybridized carbons (Fsp3) is 0.222. The highest BCUT2D eigenvalue weighted by Crippen LogP contribution is 1.96. The molecule has 0 bridgehead atoms. The molecule has 1 rings (SSSR count). The van der Waals surface area contributed by atoms with E-state index in [2.05, 4.69) is 15.3 Å². The first-order valence-electron chi connectivity index (χ1n) is 4.58. The Morgan fingerprint density at radius 3 is 2.59 bits per heavy atom. The summed E-state index contributed by atoms with van der Waals surface area (Å²) in [6.45, 7) is 0. The highest BCUT2D eigenvalue weighted by molar-refractivity contribution is 5.95. The lowest BCUT2D eigenvalue weighted by Crippen LogP contribution is -2.43. The van der Waals surface area contributed by atoms with Gasteiger partial charge in [0.2, 0.25) is 5.91 Å². The van der Waals surface area contributed by atoms with Crippen LogP contribution in [0.1, 0.15) is 16.9 Å². The van der Waals surface area contributed by atoms with Crippen molar-refractivity contribution in [3.05, 3.63) is 24.3 Å². The average molecular weight is 238 g/mol. The molecular weight excluding hydrogens is 228 g/mol. The second-order valence-corrected chi connectivity index (χ2v) is 3.13. The van der Waals surface area contributed by atoms with Crippen LogP contribution in [0.15, 0.2) is 18.6 Å². The number of nitrogens with one attached hydrogen (secondary N) is 1. The first-order chi connectivity index (χ1) is 8.00. The second kappa shape index (κ2) is 5.54. The number of carboxylic acids is 1. The molecule has 0 spiro atoms. The molecule has 0 aliphatic carbocycles. The first-order valence-corrected chi connectivity index (χ1v) is 4.58. The number of rotatable bonds is 5. The van der Waals surface area contributed by atoms with Crippen LogP contribution in [0.5, 0.6) is 0 Å². The number of amides is 2. The number of hydrogen-bond donors (Lipinski definition) is 3. The molecule has 2 amide bonds. The van der Waals surface area contributed by atoms with Gasteiger partial charge in [0.1, 0.15) is 11.7 Å². The van der Waals surface area contributed by atoms with Crippen LogP contribution in [0, 0.1) is 0 Å². The minimum absolute atomic E-state index is 0.0387. The van der Waals surface area contributed by atoms with Crippen LogP contribution in [-0.4, -0.2) is 38.9 Å². The summed E-state index contributed by atoms with van der Waals surface area (Å²) in [5.41, 5.74) is 4.83. The van der Waals surface area contributed by atoms with Gasteiger partial charge in [0.15, 0.2) is 0 Å². The molecule has 1 aromatic rings. The maximum Gasteiger partial charge on any atom is 0.326 e. The van der Waals surface area contributed by atoms with Crippen molar-refractivity contribution in [2.45, 2.75) is 12.5 Å². The van der Waals surface area contributed by atoms with Crippen molar-refractivity contribution in [3.8, 4) is 0 Å². The molecule has 0 aromatic carbocycles. The van der Waals surface area contributed by atoms with E-state index >= 15 is 0 Å². The topological polar surface area (TPSA) is 135 Å². The maximum atomic E-state index is 11.5. The highest BCUT2D eigenvalue weighted by atomic mass is 16.4. The lowest BCUT2D eigenvalue weighted by molar-refractivity contribution is -0.140. The molecule has 8 nitrogen and oxygen atoms in total. The van der Waals surface area contributed by atoms with Crippen molar-refractivity contribution in [2.75, 3.05) is 0 Å². The minimum Gasteiger partial charge on any atom is -0.480 e.